The first kappa shape index (κ1) is 24.8. The van der Waals surface area contributed by atoms with Crippen LogP contribution in [-0.4, -0.2) is 44.5 Å². The predicted molar refractivity (Wildman–Crippen MR) is 136 cm³/mol. The van der Waals surface area contributed by atoms with Crippen LogP contribution < -0.4 is 4.74 Å². The Morgan fingerprint density at radius 1 is 1.29 bits per heavy atom. The van der Waals surface area contributed by atoms with Gasteiger partial charge in [-0.15, -0.1) is 0 Å². The zero-order valence-electron chi connectivity index (χ0n) is 20.3. The van der Waals surface area contributed by atoms with E-state index in [4.69, 9.17) is 9.72 Å². The third-order valence-electron chi connectivity index (χ3n) is 6.33. The lowest BCUT2D eigenvalue weighted by Crippen LogP contribution is -2.36. The summed E-state index contributed by atoms with van der Waals surface area (Å²) >= 11 is 1.32. The van der Waals surface area contributed by atoms with Crippen LogP contribution in [0.1, 0.15) is 50.3 Å². The number of nitrogens with zero attached hydrogens (tertiary/aromatic N) is 4. The largest absolute Gasteiger partial charge is 0.490 e. The highest BCUT2D eigenvalue weighted by Crippen LogP contribution is 2.32. The second kappa shape index (κ2) is 11.0. The zero-order valence-corrected chi connectivity index (χ0v) is 21.1. The van der Waals surface area contributed by atoms with E-state index in [0.717, 1.165) is 42.2 Å². The van der Waals surface area contributed by atoms with Crippen LogP contribution in [0.4, 0.5) is 0 Å². The molecule has 0 unspecified atom stereocenters. The van der Waals surface area contributed by atoms with Crippen LogP contribution in [0.15, 0.2) is 36.4 Å². The Hall–Kier alpha value is -3.28. The van der Waals surface area contributed by atoms with Crippen LogP contribution >= 0.6 is 11.5 Å². The monoisotopic (exact) mass is 490 g/mol. The van der Waals surface area contributed by atoms with E-state index >= 15 is 0 Å². The van der Waals surface area contributed by atoms with Crippen LogP contribution in [0.25, 0.3) is 22.0 Å². The van der Waals surface area contributed by atoms with E-state index in [1.54, 1.807) is 6.07 Å². The third kappa shape index (κ3) is 5.69. The summed E-state index contributed by atoms with van der Waals surface area (Å²) in [6.45, 7) is 8.39. The number of carbonyl (C=O) groups is 1. The molecule has 4 rings (SSSR count). The van der Waals surface area contributed by atoms with Gasteiger partial charge in [0.25, 0.3) is 0 Å². The molecule has 7 nitrogen and oxygen atoms in total. The van der Waals surface area contributed by atoms with Crippen molar-refractivity contribution in [3.05, 3.63) is 53.1 Å². The van der Waals surface area contributed by atoms with Crippen LogP contribution in [0, 0.1) is 17.2 Å². The zero-order chi connectivity index (χ0) is 24.9. The fourth-order valence-electron chi connectivity index (χ4n) is 4.55. The number of aliphatic carboxylic acids is 1. The molecule has 1 aromatic heterocycles. The molecular weight excluding hydrogens is 460 g/mol. The summed E-state index contributed by atoms with van der Waals surface area (Å²) in [6, 6.07) is 14.0. The molecule has 3 aromatic rings. The van der Waals surface area contributed by atoms with Crippen molar-refractivity contribution >= 4 is 17.5 Å². The van der Waals surface area contributed by atoms with E-state index in [2.05, 4.69) is 34.4 Å². The molecule has 0 aliphatic carbocycles. The number of aromatic nitrogens is 2. The van der Waals surface area contributed by atoms with Crippen LogP contribution in [-0.2, 0) is 17.8 Å². The van der Waals surface area contributed by atoms with Crippen molar-refractivity contribution in [2.45, 2.75) is 52.7 Å². The number of ether oxygens (including phenoxy) is 1. The van der Waals surface area contributed by atoms with Crippen molar-refractivity contribution in [1.82, 2.24) is 14.3 Å². The topological polar surface area (TPSA) is 99.3 Å². The molecule has 0 atom stereocenters. The minimum absolute atomic E-state index is 0.00985. The standard InChI is InChI=1S/C27H30N4O3S/c1-4-22-20(16-31-12-10-18(11-13-31)27(32)33)6-5-7-23(22)25-29-26(35-30-25)19-8-9-24(34-17(2)3)21(14-19)15-28/h5-9,14,17-18H,4,10-13,16H2,1-3H3,(H,32,33). The summed E-state index contributed by atoms with van der Waals surface area (Å²) in [4.78, 5) is 18.4. The molecule has 35 heavy (non-hydrogen) atoms. The highest BCUT2D eigenvalue weighted by Gasteiger charge is 2.25. The number of likely N-dealkylation sites (tertiary alicyclic amines) is 1. The molecule has 1 fully saturated rings. The Balaban J connectivity index is 1.57. The summed E-state index contributed by atoms with van der Waals surface area (Å²) in [5, 5.41) is 19.6. The van der Waals surface area contributed by atoms with Gasteiger partial charge in [0, 0.05) is 17.7 Å². The van der Waals surface area contributed by atoms with Crippen LogP contribution in [0.3, 0.4) is 0 Å². The molecule has 1 N–H and O–H groups in total. The molecule has 0 saturated carbocycles. The molecule has 1 aliphatic rings. The highest BCUT2D eigenvalue weighted by molar-refractivity contribution is 7.09. The molecule has 0 bridgehead atoms. The number of benzene rings is 2. The molecule has 1 aliphatic heterocycles. The Morgan fingerprint density at radius 3 is 2.71 bits per heavy atom. The van der Waals surface area contributed by atoms with E-state index in [-0.39, 0.29) is 12.0 Å². The number of hydrogen-bond donors (Lipinski definition) is 1. The van der Waals surface area contributed by atoms with Crippen molar-refractivity contribution in [2.24, 2.45) is 5.92 Å². The number of hydrogen-bond acceptors (Lipinski definition) is 7. The molecular formula is C27H30N4O3S. The van der Waals surface area contributed by atoms with Gasteiger partial charge in [0.15, 0.2) is 5.82 Å². The van der Waals surface area contributed by atoms with E-state index < -0.39 is 5.97 Å². The lowest BCUT2D eigenvalue weighted by atomic mass is 9.94. The van der Waals surface area contributed by atoms with Gasteiger partial charge in [0.05, 0.1) is 17.6 Å². The quantitative estimate of drug-likeness (QED) is 0.452. The van der Waals surface area contributed by atoms with Gasteiger partial charge in [-0.25, -0.2) is 4.98 Å². The number of piperidine rings is 1. The minimum atomic E-state index is -0.685. The van der Waals surface area contributed by atoms with E-state index in [1.807, 2.05) is 32.0 Å². The average Bonchev–Trinajstić information content (AvgIpc) is 3.34. The first-order valence-electron chi connectivity index (χ1n) is 12.0. The summed E-state index contributed by atoms with van der Waals surface area (Å²) in [7, 11) is 0. The fourth-order valence-corrected chi connectivity index (χ4v) is 5.22. The number of carboxylic acid groups (broad SMARTS) is 1. The molecule has 0 amide bonds. The van der Waals surface area contributed by atoms with Crippen molar-refractivity contribution in [3.63, 3.8) is 0 Å². The molecule has 2 heterocycles. The lowest BCUT2D eigenvalue weighted by molar-refractivity contribution is -0.143. The first-order valence-corrected chi connectivity index (χ1v) is 12.8. The van der Waals surface area contributed by atoms with Crippen molar-refractivity contribution < 1.29 is 14.6 Å². The van der Waals surface area contributed by atoms with Gasteiger partial charge in [-0.05, 0) is 87.1 Å². The maximum absolute atomic E-state index is 11.3. The fraction of sp³-hybridized carbons (Fsp3) is 0.407. The highest BCUT2D eigenvalue weighted by atomic mass is 32.1. The molecule has 2 aromatic carbocycles. The number of carboxylic acids is 1. The molecule has 8 heteroatoms. The predicted octanol–water partition coefficient (Wildman–Crippen LogP) is 5.39. The first-order chi connectivity index (χ1) is 16.9. The Morgan fingerprint density at radius 2 is 2.06 bits per heavy atom. The van der Waals surface area contributed by atoms with Crippen molar-refractivity contribution in [2.75, 3.05) is 13.1 Å². The summed E-state index contributed by atoms with van der Waals surface area (Å²) in [5.41, 5.74) is 4.80. The van der Waals surface area contributed by atoms with Crippen molar-refractivity contribution in [3.8, 4) is 33.8 Å². The van der Waals surface area contributed by atoms with Crippen LogP contribution in [0.5, 0.6) is 5.75 Å². The van der Waals surface area contributed by atoms with Gasteiger partial charge < -0.3 is 9.84 Å². The summed E-state index contributed by atoms with van der Waals surface area (Å²) < 4.78 is 10.4. The van der Waals surface area contributed by atoms with E-state index in [1.165, 1.54) is 22.7 Å². The minimum Gasteiger partial charge on any atom is -0.490 e. The Labute approximate surface area is 210 Å². The maximum atomic E-state index is 11.3. The van der Waals surface area contributed by atoms with Gasteiger partial charge in [0.2, 0.25) is 0 Å². The third-order valence-corrected chi connectivity index (χ3v) is 7.10. The molecule has 0 spiro atoms. The van der Waals surface area contributed by atoms with Gasteiger partial charge in [-0.2, -0.15) is 9.64 Å². The maximum Gasteiger partial charge on any atom is 0.306 e. The number of rotatable bonds is 8. The molecule has 1 saturated heterocycles. The van der Waals surface area contributed by atoms with Gasteiger partial charge in [-0.1, -0.05) is 25.1 Å². The Kier molecular flexibility index (Phi) is 7.79. The van der Waals surface area contributed by atoms with E-state index in [9.17, 15) is 15.2 Å². The molecule has 182 valence electrons. The van der Waals surface area contributed by atoms with Crippen LogP contribution in [0.2, 0.25) is 0 Å². The second-order valence-electron chi connectivity index (χ2n) is 9.10. The van der Waals surface area contributed by atoms with Gasteiger partial charge >= 0.3 is 5.97 Å². The Bertz CT molecular complexity index is 1240. The smallest absolute Gasteiger partial charge is 0.306 e. The van der Waals surface area contributed by atoms with Gasteiger partial charge in [0.1, 0.15) is 16.8 Å². The molecule has 0 radical (unpaired) electrons. The normalized spacial score (nSPS) is 14.7. The van der Waals surface area contributed by atoms with Crippen molar-refractivity contribution in [1.29, 1.82) is 5.26 Å². The number of nitriles is 1. The summed E-state index contributed by atoms with van der Waals surface area (Å²) in [6.07, 6.45) is 2.23. The second-order valence-corrected chi connectivity index (χ2v) is 9.85. The lowest BCUT2D eigenvalue weighted by Gasteiger charge is -2.30. The summed E-state index contributed by atoms with van der Waals surface area (Å²) in [5.74, 6) is 0.349. The average molecular weight is 491 g/mol. The van der Waals surface area contributed by atoms with E-state index in [0.29, 0.717) is 30.0 Å². The van der Waals surface area contributed by atoms with Gasteiger partial charge in [-0.3, -0.25) is 9.69 Å². The SMILES string of the molecule is CCc1c(CN2CCC(C(=O)O)CC2)cccc1-c1nsc(-c2ccc(OC(C)C)c(C#N)c2)n1.